The summed E-state index contributed by atoms with van der Waals surface area (Å²) in [7, 11) is 0. The molecule has 134 valence electrons. The average Bonchev–Trinajstić information content (AvgIpc) is 3.25. The quantitative estimate of drug-likeness (QED) is 0.846. The Kier molecular flexibility index (Phi) is 4.48. The molecule has 3 atom stereocenters. The lowest BCUT2D eigenvalue weighted by Crippen LogP contribution is -2.46. The van der Waals surface area contributed by atoms with E-state index in [0.717, 1.165) is 57.3 Å². The number of carbonyl (C=O) groups is 2. The van der Waals surface area contributed by atoms with Crippen LogP contribution in [0.1, 0.15) is 43.6 Å². The minimum Gasteiger partial charge on any atom is -0.342 e. The molecule has 4 nitrogen and oxygen atoms in total. The highest BCUT2D eigenvalue weighted by Crippen LogP contribution is 2.48. The smallest absolute Gasteiger partial charge is 0.227 e. The van der Waals surface area contributed by atoms with Gasteiger partial charge < -0.3 is 9.80 Å². The van der Waals surface area contributed by atoms with Gasteiger partial charge in [0, 0.05) is 32.1 Å². The normalized spacial score (nSPS) is 28.9. The maximum atomic E-state index is 13.1. The molecule has 0 spiro atoms. The number of likely N-dealkylation sites (tertiary alicyclic amines) is 2. The second kappa shape index (κ2) is 6.77. The number of benzene rings is 1. The van der Waals surface area contributed by atoms with Crippen LogP contribution >= 0.6 is 0 Å². The van der Waals surface area contributed by atoms with Crippen molar-refractivity contribution in [1.82, 2.24) is 9.80 Å². The first-order chi connectivity index (χ1) is 12.1. The zero-order valence-electron chi connectivity index (χ0n) is 14.5. The third kappa shape index (κ3) is 3.42. The number of hydrogen-bond acceptors (Lipinski definition) is 2. The third-order valence-corrected chi connectivity index (χ3v) is 5.91. The van der Waals surface area contributed by atoms with Crippen LogP contribution in [-0.2, 0) is 9.59 Å². The Bertz CT molecular complexity index is 654. The highest BCUT2D eigenvalue weighted by molar-refractivity contribution is 5.85. The van der Waals surface area contributed by atoms with Crippen molar-refractivity contribution in [2.75, 3.05) is 26.2 Å². The van der Waals surface area contributed by atoms with E-state index in [1.54, 1.807) is 12.1 Å². The zero-order chi connectivity index (χ0) is 17.4. The second-order valence-electron chi connectivity index (χ2n) is 7.66. The van der Waals surface area contributed by atoms with Crippen molar-refractivity contribution in [3.8, 4) is 0 Å². The summed E-state index contributed by atoms with van der Waals surface area (Å²) in [6, 6.07) is 6.48. The van der Waals surface area contributed by atoms with E-state index in [2.05, 4.69) is 0 Å². The van der Waals surface area contributed by atoms with Crippen LogP contribution in [0, 0.1) is 17.7 Å². The number of halogens is 1. The van der Waals surface area contributed by atoms with Crippen molar-refractivity contribution in [1.29, 1.82) is 0 Å². The molecular weight excluding hydrogens is 319 g/mol. The molecule has 0 radical (unpaired) electrons. The van der Waals surface area contributed by atoms with Crippen LogP contribution in [0.5, 0.6) is 0 Å². The summed E-state index contributed by atoms with van der Waals surface area (Å²) in [5.41, 5.74) is 1.04. The number of nitrogens with zero attached hydrogens (tertiary/aromatic N) is 2. The molecule has 25 heavy (non-hydrogen) atoms. The standard InChI is InChI=1S/C20H25FN2O2/c21-16-7-5-14(6-8-16)17-12-18(17)20(25)23-11-3-4-15(13-23)19(24)22-9-1-2-10-22/h5-8,15,17-18H,1-4,9-13H2/t15-,17+,18-/m1/s1. The summed E-state index contributed by atoms with van der Waals surface area (Å²) in [5, 5.41) is 0. The molecule has 0 unspecified atom stereocenters. The minimum absolute atomic E-state index is 0.00565. The number of hydrogen-bond donors (Lipinski definition) is 0. The molecule has 1 aromatic carbocycles. The van der Waals surface area contributed by atoms with Gasteiger partial charge in [0.25, 0.3) is 0 Å². The van der Waals surface area contributed by atoms with Crippen LogP contribution in [0.25, 0.3) is 0 Å². The maximum Gasteiger partial charge on any atom is 0.227 e. The van der Waals surface area contributed by atoms with Gasteiger partial charge in [-0.3, -0.25) is 9.59 Å². The lowest BCUT2D eigenvalue weighted by molar-refractivity contribution is -0.140. The topological polar surface area (TPSA) is 40.6 Å². The molecule has 0 bridgehead atoms. The minimum atomic E-state index is -0.244. The highest BCUT2D eigenvalue weighted by Gasteiger charge is 2.46. The molecule has 2 saturated heterocycles. The summed E-state index contributed by atoms with van der Waals surface area (Å²) in [6.07, 6.45) is 4.84. The highest BCUT2D eigenvalue weighted by atomic mass is 19.1. The fraction of sp³-hybridized carbons (Fsp3) is 0.600. The van der Waals surface area contributed by atoms with E-state index in [1.165, 1.54) is 12.1 Å². The first-order valence-electron chi connectivity index (χ1n) is 9.46. The Hall–Kier alpha value is -1.91. The fourth-order valence-electron chi connectivity index (χ4n) is 4.36. The van der Waals surface area contributed by atoms with Crippen LogP contribution in [0.3, 0.4) is 0 Å². The molecule has 0 N–H and O–H groups in total. The van der Waals surface area contributed by atoms with Gasteiger partial charge in [-0.2, -0.15) is 0 Å². The van der Waals surface area contributed by atoms with Gasteiger partial charge in [0.15, 0.2) is 0 Å². The number of rotatable bonds is 3. The third-order valence-electron chi connectivity index (χ3n) is 5.91. The van der Waals surface area contributed by atoms with Crippen molar-refractivity contribution in [3.05, 3.63) is 35.6 Å². The van der Waals surface area contributed by atoms with Crippen molar-refractivity contribution in [2.24, 2.45) is 11.8 Å². The van der Waals surface area contributed by atoms with Gasteiger partial charge in [0.1, 0.15) is 5.82 Å². The Morgan fingerprint density at radius 3 is 2.32 bits per heavy atom. The van der Waals surface area contributed by atoms with Gasteiger partial charge in [-0.1, -0.05) is 12.1 Å². The molecular formula is C20H25FN2O2. The molecule has 3 fully saturated rings. The van der Waals surface area contributed by atoms with Gasteiger partial charge in [-0.05, 0) is 55.7 Å². The first-order valence-corrected chi connectivity index (χ1v) is 9.46. The van der Waals surface area contributed by atoms with E-state index in [4.69, 9.17) is 0 Å². The van der Waals surface area contributed by atoms with Gasteiger partial charge in [0.2, 0.25) is 11.8 Å². The van der Waals surface area contributed by atoms with Crippen LogP contribution < -0.4 is 0 Å². The number of carbonyl (C=O) groups excluding carboxylic acids is 2. The number of piperidine rings is 1. The van der Waals surface area contributed by atoms with Crippen LogP contribution in [0.4, 0.5) is 4.39 Å². The van der Waals surface area contributed by atoms with Gasteiger partial charge in [-0.25, -0.2) is 4.39 Å². The van der Waals surface area contributed by atoms with E-state index in [-0.39, 0.29) is 35.4 Å². The summed E-state index contributed by atoms with van der Waals surface area (Å²) in [5.74, 6) is 0.355. The van der Waals surface area contributed by atoms with E-state index in [1.807, 2.05) is 9.80 Å². The van der Waals surface area contributed by atoms with E-state index < -0.39 is 0 Å². The fourth-order valence-corrected chi connectivity index (χ4v) is 4.36. The summed E-state index contributed by atoms with van der Waals surface area (Å²) in [6.45, 7) is 3.08. The van der Waals surface area contributed by atoms with Crippen LogP contribution in [0.2, 0.25) is 0 Å². The van der Waals surface area contributed by atoms with Gasteiger partial charge in [0.05, 0.1) is 5.92 Å². The van der Waals surface area contributed by atoms with Crippen molar-refractivity contribution >= 4 is 11.8 Å². The zero-order valence-corrected chi connectivity index (χ0v) is 14.5. The molecule has 2 aliphatic heterocycles. The summed E-state index contributed by atoms with van der Waals surface area (Å²) in [4.78, 5) is 29.3. The SMILES string of the molecule is O=C([C@@H]1CCCN(C(=O)[C@@H]2C[C@H]2c2ccc(F)cc2)C1)N1CCCC1. The van der Waals surface area contributed by atoms with Crippen LogP contribution in [0.15, 0.2) is 24.3 Å². The van der Waals surface area contributed by atoms with Crippen molar-refractivity contribution in [2.45, 2.75) is 38.0 Å². The molecule has 1 aliphatic carbocycles. The van der Waals surface area contributed by atoms with E-state index in [0.29, 0.717) is 6.54 Å². The predicted octanol–water partition coefficient (Wildman–Crippen LogP) is 2.79. The van der Waals surface area contributed by atoms with Crippen LogP contribution in [-0.4, -0.2) is 47.8 Å². The number of amides is 2. The van der Waals surface area contributed by atoms with E-state index in [9.17, 15) is 14.0 Å². The molecule has 1 aromatic rings. The predicted molar refractivity (Wildman–Crippen MR) is 92.4 cm³/mol. The molecule has 5 heteroatoms. The molecule has 2 amide bonds. The molecule has 3 aliphatic rings. The van der Waals surface area contributed by atoms with Crippen molar-refractivity contribution < 1.29 is 14.0 Å². The summed E-state index contributed by atoms with van der Waals surface area (Å²) >= 11 is 0. The van der Waals surface area contributed by atoms with Gasteiger partial charge in [-0.15, -0.1) is 0 Å². The van der Waals surface area contributed by atoms with Crippen molar-refractivity contribution in [3.63, 3.8) is 0 Å². The first kappa shape index (κ1) is 16.6. The molecule has 2 heterocycles. The largest absolute Gasteiger partial charge is 0.342 e. The Morgan fingerprint density at radius 1 is 0.920 bits per heavy atom. The maximum absolute atomic E-state index is 13.1. The monoisotopic (exact) mass is 344 g/mol. The lowest BCUT2D eigenvalue weighted by atomic mass is 9.96. The molecule has 0 aromatic heterocycles. The van der Waals surface area contributed by atoms with E-state index >= 15 is 0 Å². The Morgan fingerprint density at radius 2 is 1.60 bits per heavy atom. The molecule has 1 saturated carbocycles. The molecule has 4 rings (SSSR count). The average molecular weight is 344 g/mol. The summed E-state index contributed by atoms with van der Waals surface area (Å²) < 4.78 is 13.1. The lowest BCUT2D eigenvalue weighted by Gasteiger charge is -2.34. The van der Waals surface area contributed by atoms with Gasteiger partial charge >= 0.3 is 0 Å². The Labute approximate surface area is 148 Å². The Balaban J connectivity index is 1.36. The second-order valence-corrected chi connectivity index (χ2v) is 7.66.